The van der Waals surface area contributed by atoms with Crippen LogP contribution < -0.4 is 5.32 Å². The van der Waals surface area contributed by atoms with Crippen LogP contribution in [0, 0.1) is 13.8 Å². The summed E-state index contributed by atoms with van der Waals surface area (Å²) in [7, 11) is 0. The molecular weight excluding hydrogens is 264 g/mol. The summed E-state index contributed by atoms with van der Waals surface area (Å²) in [5, 5.41) is 16.4. The maximum Gasteiger partial charge on any atom is 0.230 e. The lowest BCUT2D eigenvalue weighted by Gasteiger charge is -2.21. The van der Waals surface area contributed by atoms with Gasteiger partial charge in [0.1, 0.15) is 5.76 Å². The predicted octanol–water partition coefficient (Wildman–Crippen LogP) is 1.80. The Balaban J connectivity index is 2.28. The number of nitrogens with zero attached hydrogens (tertiary/aromatic N) is 1. The Kier molecular flexibility index (Phi) is 5.87. The van der Waals surface area contributed by atoms with Gasteiger partial charge in [0.2, 0.25) is 5.91 Å². The van der Waals surface area contributed by atoms with Gasteiger partial charge in [0.25, 0.3) is 0 Å². The number of hydrogen-bond acceptors (Lipinski definition) is 5. The monoisotopic (exact) mass is 286 g/mol. The van der Waals surface area contributed by atoms with Gasteiger partial charge in [-0.2, -0.15) is 0 Å². The Labute approximate surface area is 118 Å². The van der Waals surface area contributed by atoms with Crippen molar-refractivity contribution < 1.29 is 14.4 Å². The first-order valence-electron chi connectivity index (χ1n) is 6.34. The second-order valence-electron chi connectivity index (χ2n) is 4.92. The summed E-state index contributed by atoms with van der Waals surface area (Å²) in [6, 6.07) is 0. The summed E-state index contributed by atoms with van der Waals surface area (Å²) < 4.78 is 5.06. The van der Waals surface area contributed by atoms with Gasteiger partial charge in [-0.1, -0.05) is 12.1 Å². The highest BCUT2D eigenvalue weighted by molar-refractivity contribution is 7.99. The lowest BCUT2D eigenvalue weighted by Crippen LogP contribution is -2.40. The molecule has 19 heavy (non-hydrogen) atoms. The molecule has 0 radical (unpaired) electrons. The Bertz CT molecular complexity index is 410. The van der Waals surface area contributed by atoms with E-state index in [0.29, 0.717) is 17.9 Å². The molecule has 2 N–H and O–H groups in total. The molecule has 0 saturated heterocycles. The van der Waals surface area contributed by atoms with Crippen molar-refractivity contribution >= 4 is 17.7 Å². The maximum absolute atomic E-state index is 11.6. The van der Waals surface area contributed by atoms with E-state index >= 15 is 0 Å². The number of aromatic nitrogens is 1. The number of hydrogen-bond donors (Lipinski definition) is 2. The maximum atomic E-state index is 11.6. The second kappa shape index (κ2) is 6.96. The predicted molar refractivity (Wildman–Crippen MR) is 76.1 cm³/mol. The minimum absolute atomic E-state index is 0.0644. The van der Waals surface area contributed by atoms with Crippen molar-refractivity contribution in [3.8, 4) is 0 Å². The van der Waals surface area contributed by atoms with Gasteiger partial charge in [0.15, 0.2) is 0 Å². The summed E-state index contributed by atoms with van der Waals surface area (Å²) in [4.78, 5) is 11.6. The van der Waals surface area contributed by atoms with Crippen LogP contribution in [0.25, 0.3) is 0 Å². The molecule has 0 aliphatic heterocycles. The Hall–Kier alpha value is -1.01. The van der Waals surface area contributed by atoms with Crippen LogP contribution in [-0.4, -0.2) is 34.1 Å². The number of carbonyl (C=O) groups excluding carboxylic acids is 1. The van der Waals surface area contributed by atoms with Crippen LogP contribution in [-0.2, 0) is 10.5 Å². The highest BCUT2D eigenvalue weighted by Crippen LogP contribution is 2.19. The first kappa shape index (κ1) is 16.0. The van der Waals surface area contributed by atoms with Gasteiger partial charge in [-0.05, 0) is 27.2 Å². The van der Waals surface area contributed by atoms with E-state index in [1.54, 1.807) is 6.92 Å². The molecule has 0 fully saturated rings. The molecule has 1 aromatic heterocycles. The highest BCUT2D eigenvalue weighted by atomic mass is 32.2. The van der Waals surface area contributed by atoms with Gasteiger partial charge < -0.3 is 14.9 Å². The zero-order valence-corrected chi connectivity index (χ0v) is 12.8. The molecule has 1 rings (SSSR count). The average molecular weight is 286 g/mol. The molecule has 108 valence electrons. The molecule has 0 spiro atoms. The van der Waals surface area contributed by atoms with E-state index in [2.05, 4.69) is 10.5 Å². The van der Waals surface area contributed by atoms with Gasteiger partial charge in [-0.3, -0.25) is 4.79 Å². The van der Waals surface area contributed by atoms with Gasteiger partial charge in [-0.15, -0.1) is 11.8 Å². The van der Waals surface area contributed by atoms with E-state index in [9.17, 15) is 9.90 Å². The Morgan fingerprint density at radius 1 is 1.53 bits per heavy atom. The zero-order chi connectivity index (χ0) is 14.5. The van der Waals surface area contributed by atoms with Crippen LogP contribution in [0.15, 0.2) is 4.52 Å². The summed E-state index contributed by atoms with van der Waals surface area (Å²) in [5.41, 5.74) is 1.10. The summed E-state index contributed by atoms with van der Waals surface area (Å²) in [6.45, 7) is 7.65. The summed E-state index contributed by atoms with van der Waals surface area (Å²) in [5.74, 6) is 1.81. The van der Waals surface area contributed by atoms with Crippen molar-refractivity contribution in [3.63, 3.8) is 0 Å². The fourth-order valence-corrected chi connectivity index (χ4v) is 2.42. The molecule has 0 aliphatic rings. The lowest BCUT2D eigenvalue weighted by molar-refractivity contribution is -0.119. The number of rotatable bonds is 7. The van der Waals surface area contributed by atoms with Gasteiger partial charge in [0, 0.05) is 17.9 Å². The third-order valence-corrected chi connectivity index (χ3v) is 4.05. The van der Waals surface area contributed by atoms with E-state index in [1.807, 2.05) is 20.8 Å². The van der Waals surface area contributed by atoms with Gasteiger partial charge in [0.05, 0.1) is 17.0 Å². The molecular formula is C13H22N2O3S. The number of nitrogens with one attached hydrogen (secondary N) is 1. The molecule has 1 aromatic rings. The van der Waals surface area contributed by atoms with Crippen LogP contribution in [0.1, 0.15) is 37.3 Å². The molecule has 5 nitrogen and oxygen atoms in total. The van der Waals surface area contributed by atoms with Crippen LogP contribution in [0.4, 0.5) is 0 Å². The standard InChI is InChI=1S/C13H22N2O3S/c1-5-13(4,17)8-14-12(16)7-19-6-11-9(2)15-18-10(11)3/h17H,5-8H2,1-4H3,(H,14,16). The Morgan fingerprint density at radius 3 is 2.74 bits per heavy atom. The number of aliphatic hydroxyl groups is 1. The van der Waals surface area contributed by atoms with Crippen molar-refractivity contribution in [2.45, 2.75) is 45.5 Å². The number of amides is 1. The van der Waals surface area contributed by atoms with E-state index < -0.39 is 5.60 Å². The van der Waals surface area contributed by atoms with Crippen molar-refractivity contribution in [1.29, 1.82) is 0 Å². The molecule has 1 unspecified atom stereocenters. The minimum Gasteiger partial charge on any atom is -0.388 e. The number of carbonyl (C=O) groups is 1. The van der Waals surface area contributed by atoms with E-state index in [4.69, 9.17) is 4.52 Å². The van der Waals surface area contributed by atoms with E-state index in [-0.39, 0.29) is 12.5 Å². The normalized spacial score (nSPS) is 14.2. The third-order valence-electron chi connectivity index (χ3n) is 3.09. The molecule has 6 heteroatoms. The second-order valence-corrected chi connectivity index (χ2v) is 5.91. The fraction of sp³-hybridized carbons (Fsp3) is 0.692. The van der Waals surface area contributed by atoms with E-state index in [1.165, 1.54) is 11.8 Å². The van der Waals surface area contributed by atoms with Crippen molar-refractivity contribution in [1.82, 2.24) is 10.5 Å². The molecule has 0 saturated carbocycles. The molecule has 0 aliphatic carbocycles. The SMILES string of the molecule is CCC(C)(O)CNC(=O)CSCc1c(C)noc1C. The minimum atomic E-state index is -0.831. The average Bonchev–Trinajstić information content (AvgIpc) is 2.68. The first-order chi connectivity index (χ1) is 8.85. The quantitative estimate of drug-likeness (QED) is 0.799. The zero-order valence-electron chi connectivity index (χ0n) is 11.9. The third kappa shape index (κ3) is 5.24. The fourth-order valence-electron chi connectivity index (χ4n) is 1.42. The Morgan fingerprint density at radius 2 is 2.21 bits per heavy atom. The van der Waals surface area contributed by atoms with Crippen molar-refractivity contribution in [2.24, 2.45) is 0 Å². The molecule has 0 bridgehead atoms. The molecule has 1 amide bonds. The molecule has 1 heterocycles. The summed E-state index contributed by atoms with van der Waals surface area (Å²) in [6.07, 6.45) is 0.611. The van der Waals surface area contributed by atoms with Gasteiger partial charge in [-0.25, -0.2) is 0 Å². The topological polar surface area (TPSA) is 75.4 Å². The highest BCUT2D eigenvalue weighted by Gasteiger charge is 2.18. The molecule has 1 atom stereocenters. The van der Waals surface area contributed by atoms with Crippen LogP contribution in [0.5, 0.6) is 0 Å². The van der Waals surface area contributed by atoms with Gasteiger partial charge >= 0.3 is 0 Å². The number of thioether (sulfide) groups is 1. The largest absolute Gasteiger partial charge is 0.388 e. The van der Waals surface area contributed by atoms with Crippen LogP contribution in [0.2, 0.25) is 0 Å². The van der Waals surface area contributed by atoms with E-state index in [0.717, 1.165) is 17.0 Å². The van der Waals surface area contributed by atoms with Crippen molar-refractivity contribution in [2.75, 3.05) is 12.3 Å². The lowest BCUT2D eigenvalue weighted by atomic mass is 10.0. The number of aryl methyl sites for hydroxylation is 2. The summed E-state index contributed by atoms with van der Waals surface area (Å²) >= 11 is 1.51. The van der Waals surface area contributed by atoms with Crippen LogP contribution >= 0.6 is 11.8 Å². The molecule has 0 aromatic carbocycles. The first-order valence-corrected chi connectivity index (χ1v) is 7.49. The smallest absolute Gasteiger partial charge is 0.230 e. The van der Waals surface area contributed by atoms with Crippen LogP contribution in [0.3, 0.4) is 0 Å². The van der Waals surface area contributed by atoms with Crippen molar-refractivity contribution in [3.05, 3.63) is 17.0 Å².